The van der Waals surface area contributed by atoms with Crippen LogP contribution in [0.2, 0.25) is 0 Å². The zero-order valence-corrected chi connectivity index (χ0v) is 16.4. The van der Waals surface area contributed by atoms with Crippen molar-refractivity contribution in [3.63, 3.8) is 0 Å². The standard InChI is InChI=1S/C22H23N3O3/c1-14-7-15(2)9-17(8-14)25-22(26)16-10-18(13-23-12-16)24-20-6-5-19(27-3)11-21(20)28-4/h5-13,24H,1-4H3,(H,25,26). The zero-order chi connectivity index (χ0) is 20.1. The molecule has 0 aliphatic rings. The number of aryl methyl sites for hydroxylation is 2. The van der Waals surface area contributed by atoms with Crippen molar-refractivity contribution in [2.45, 2.75) is 13.8 Å². The lowest BCUT2D eigenvalue weighted by Gasteiger charge is -2.13. The van der Waals surface area contributed by atoms with Gasteiger partial charge in [-0.25, -0.2) is 0 Å². The molecule has 0 atom stereocenters. The molecule has 0 bridgehead atoms. The molecular formula is C22H23N3O3. The van der Waals surface area contributed by atoms with Crippen molar-refractivity contribution < 1.29 is 14.3 Å². The van der Waals surface area contributed by atoms with E-state index < -0.39 is 0 Å². The molecule has 0 aliphatic heterocycles. The lowest BCUT2D eigenvalue weighted by atomic mass is 10.1. The van der Waals surface area contributed by atoms with E-state index in [1.807, 2.05) is 38.1 Å². The first-order valence-corrected chi connectivity index (χ1v) is 8.82. The number of pyridine rings is 1. The fourth-order valence-corrected chi connectivity index (χ4v) is 2.94. The van der Waals surface area contributed by atoms with Gasteiger partial charge in [-0.1, -0.05) is 6.07 Å². The zero-order valence-electron chi connectivity index (χ0n) is 16.4. The maximum Gasteiger partial charge on any atom is 0.257 e. The van der Waals surface area contributed by atoms with E-state index in [0.29, 0.717) is 22.7 Å². The molecule has 1 amide bonds. The molecule has 0 saturated heterocycles. The maximum absolute atomic E-state index is 12.6. The number of anilines is 3. The van der Waals surface area contributed by atoms with Crippen molar-refractivity contribution in [3.05, 3.63) is 71.5 Å². The Balaban J connectivity index is 1.79. The third-order valence-corrected chi connectivity index (χ3v) is 4.17. The normalized spacial score (nSPS) is 10.3. The SMILES string of the molecule is COc1ccc(Nc2cncc(C(=O)Nc3cc(C)cc(C)c3)c2)c(OC)c1. The summed E-state index contributed by atoms with van der Waals surface area (Å²) in [6.07, 6.45) is 3.19. The lowest BCUT2D eigenvalue weighted by Crippen LogP contribution is -2.12. The monoisotopic (exact) mass is 377 g/mol. The first kappa shape index (κ1) is 19.2. The molecule has 6 nitrogen and oxygen atoms in total. The summed E-state index contributed by atoms with van der Waals surface area (Å²) in [5.41, 5.74) is 4.83. The van der Waals surface area contributed by atoms with Crippen LogP contribution in [0, 0.1) is 13.8 Å². The fourth-order valence-electron chi connectivity index (χ4n) is 2.94. The molecule has 1 aromatic heterocycles. The average molecular weight is 377 g/mol. The van der Waals surface area contributed by atoms with E-state index in [9.17, 15) is 4.79 Å². The van der Waals surface area contributed by atoms with Crippen LogP contribution in [-0.4, -0.2) is 25.1 Å². The van der Waals surface area contributed by atoms with Gasteiger partial charge in [0.25, 0.3) is 5.91 Å². The predicted octanol–water partition coefficient (Wildman–Crippen LogP) is 4.71. The lowest BCUT2D eigenvalue weighted by molar-refractivity contribution is 0.102. The van der Waals surface area contributed by atoms with E-state index >= 15 is 0 Å². The van der Waals surface area contributed by atoms with Gasteiger partial charge >= 0.3 is 0 Å². The topological polar surface area (TPSA) is 72.5 Å². The van der Waals surface area contributed by atoms with Crippen molar-refractivity contribution in [2.75, 3.05) is 24.9 Å². The third kappa shape index (κ3) is 4.59. The second-order valence-electron chi connectivity index (χ2n) is 6.48. The van der Waals surface area contributed by atoms with Crippen LogP contribution in [0.3, 0.4) is 0 Å². The average Bonchev–Trinajstić information content (AvgIpc) is 2.67. The Morgan fingerprint density at radius 3 is 2.32 bits per heavy atom. The van der Waals surface area contributed by atoms with E-state index in [4.69, 9.17) is 9.47 Å². The fraction of sp³-hybridized carbons (Fsp3) is 0.182. The summed E-state index contributed by atoms with van der Waals surface area (Å²) in [6.45, 7) is 3.99. The number of methoxy groups -OCH3 is 2. The van der Waals surface area contributed by atoms with Crippen LogP contribution in [-0.2, 0) is 0 Å². The summed E-state index contributed by atoms with van der Waals surface area (Å²) in [5.74, 6) is 1.11. The van der Waals surface area contributed by atoms with Gasteiger partial charge in [-0.05, 0) is 55.3 Å². The Bertz CT molecular complexity index is 982. The number of hydrogen-bond donors (Lipinski definition) is 2. The van der Waals surface area contributed by atoms with E-state index in [1.54, 1.807) is 32.5 Å². The van der Waals surface area contributed by atoms with Gasteiger partial charge in [0.15, 0.2) is 0 Å². The van der Waals surface area contributed by atoms with Crippen LogP contribution in [0.15, 0.2) is 54.9 Å². The number of carbonyl (C=O) groups is 1. The van der Waals surface area contributed by atoms with Crippen molar-refractivity contribution in [1.29, 1.82) is 0 Å². The number of aromatic nitrogens is 1. The van der Waals surface area contributed by atoms with Gasteiger partial charge in [0.05, 0.1) is 37.4 Å². The molecule has 0 aliphatic carbocycles. The largest absolute Gasteiger partial charge is 0.497 e. The number of hydrogen-bond acceptors (Lipinski definition) is 5. The Labute approximate surface area is 164 Å². The van der Waals surface area contributed by atoms with Gasteiger partial charge in [0, 0.05) is 18.0 Å². The minimum Gasteiger partial charge on any atom is -0.497 e. The Kier molecular flexibility index (Phi) is 5.79. The summed E-state index contributed by atoms with van der Waals surface area (Å²) in [7, 11) is 3.19. The molecule has 6 heteroatoms. The molecule has 0 fully saturated rings. The van der Waals surface area contributed by atoms with E-state index in [0.717, 1.165) is 22.5 Å². The van der Waals surface area contributed by atoms with Crippen molar-refractivity contribution in [3.8, 4) is 11.5 Å². The van der Waals surface area contributed by atoms with Crippen LogP contribution in [0.5, 0.6) is 11.5 Å². The summed E-state index contributed by atoms with van der Waals surface area (Å²) in [4.78, 5) is 16.8. The summed E-state index contributed by atoms with van der Waals surface area (Å²) in [6, 6.07) is 13.1. The van der Waals surface area contributed by atoms with Crippen LogP contribution >= 0.6 is 0 Å². The van der Waals surface area contributed by atoms with Crippen molar-refractivity contribution >= 4 is 23.0 Å². The molecule has 0 unspecified atom stereocenters. The molecule has 0 saturated carbocycles. The Morgan fingerprint density at radius 2 is 1.64 bits per heavy atom. The molecule has 3 aromatic rings. The van der Waals surface area contributed by atoms with E-state index in [2.05, 4.69) is 21.7 Å². The molecule has 3 rings (SSSR count). The second kappa shape index (κ2) is 8.43. The molecule has 0 spiro atoms. The number of carbonyl (C=O) groups excluding carboxylic acids is 1. The number of amides is 1. The number of ether oxygens (including phenoxy) is 2. The summed E-state index contributed by atoms with van der Waals surface area (Å²) < 4.78 is 10.6. The van der Waals surface area contributed by atoms with Crippen molar-refractivity contribution in [2.24, 2.45) is 0 Å². The number of benzene rings is 2. The van der Waals surface area contributed by atoms with Crippen molar-refractivity contribution in [1.82, 2.24) is 4.98 Å². The van der Waals surface area contributed by atoms with Gasteiger partial charge in [0.1, 0.15) is 11.5 Å². The number of rotatable bonds is 6. The van der Waals surface area contributed by atoms with Crippen LogP contribution in [0.4, 0.5) is 17.1 Å². The van der Waals surface area contributed by atoms with Gasteiger partial charge < -0.3 is 20.1 Å². The van der Waals surface area contributed by atoms with Crippen LogP contribution in [0.25, 0.3) is 0 Å². The van der Waals surface area contributed by atoms with Crippen LogP contribution < -0.4 is 20.1 Å². The highest BCUT2D eigenvalue weighted by Crippen LogP contribution is 2.31. The Morgan fingerprint density at radius 1 is 0.893 bits per heavy atom. The molecule has 144 valence electrons. The number of nitrogens with one attached hydrogen (secondary N) is 2. The highest BCUT2D eigenvalue weighted by atomic mass is 16.5. The second-order valence-corrected chi connectivity index (χ2v) is 6.48. The predicted molar refractivity (Wildman–Crippen MR) is 111 cm³/mol. The smallest absolute Gasteiger partial charge is 0.257 e. The molecular weight excluding hydrogens is 354 g/mol. The molecule has 1 heterocycles. The molecule has 0 radical (unpaired) electrons. The quantitative estimate of drug-likeness (QED) is 0.651. The minimum absolute atomic E-state index is 0.220. The molecule has 28 heavy (non-hydrogen) atoms. The molecule has 2 aromatic carbocycles. The van der Waals surface area contributed by atoms with Gasteiger partial charge in [-0.3, -0.25) is 9.78 Å². The van der Waals surface area contributed by atoms with Crippen LogP contribution in [0.1, 0.15) is 21.5 Å². The highest BCUT2D eigenvalue weighted by molar-refractivity contribution is 6.04. The van der Waals surface area contributed by atoms with E-state index in [1.165, 1.54) is 6.20 Å². The minimum atomic E-state index is -0.220. The number of nitrogens with zero attached hydrogens (tertiary/aromatic N) is 1. The van der Waals surface area contributed by atoms with Gasteiger partial charge in [-0.15, -0.1) is 0 Å². The maximum atomic E-state index is 12.6. The first-order chi connectivity index (χ1) is 13.5. The highest BCUT2D eigenvalue weighted by Gasteiger charge is 2.10. The summed E-state index contributed by atoms with van der Waals surface area (Å²) >= 11 is 0. The van der Waals surface area contributed by atoms with E-state index in [-0.39, 0.29) is 5.91 Å². The van der Waals surface area contributed by atoms with Gasteiger partial charge in [-0.2, -0.15) is 0 Å². The van der Waals surface area contributed by atoms with Gasteiger partial charge in [0.2, 0.25) is 0 Å². The summed E-state index contributed by atoms with van der Waals surface area (Å²) in [5, 5.41) is 6.15. The Hall–Kier alpha value is -3.54. The third-order valence-electron chi connectivity index (χ3n) is 4.17. The molecule has 2 N–H and O–H groups in total. The first-order valence-electron chi connectivity index (χ1n) is 8.82.